The molecule has 0 aliphatic heterocycles. The molecule has 0 heterocycles. The van der Waals surface area contributed by atoms with E-state index in [-0.39, 0.29) is 54.6 Å². The van der Waals surface area contributed by atoms with Gasteiger partial charge in [-0.3, -0.25) is 9.52 Å². The molecule has 4 rings (SSSR count). The van der Waals surface area contributed by atoms with Gasteiger partial charge in [-0.05, 0) is 42.5 Å². The SMILES string of the molecule is CC(=O)Nc1cc(N=Nc2ccc(S(C)(=O)=O)cc2C#N)c2c(NS(=O)(=O)c3ccccc3)cccc2c1O. The summed E-state index contributed by atoms with van der Waals surface area (Å²) in [5, 5.41) is 31.5. The number of benzene rings is 4. The molecule has 4 aromatic rings. The first-order chi connectivity index (χ1) is 18.4. The first-order valence-electron chi connectivity index (χ1n) is 11.2. The normalized spacial score (nSPS) is 11.8. The summed E-state index contributed by atoms with van der Waals surface area (Å²) < 4.78 is 52.4. The number of azo groups is 1. The number of nitrogens with zero attached hydrogens (tertiary/aromatic N) is 3. The molecule has 0 aromatic heterocycles. The summed E-state index contributed by atoms with van der Waals surface area (Å²) in [6.45, 7) is 1.25. The molecule has 0 aliphatic rings. The zero-order chi connectivity index (χ0) is 28.4. The minimum absolute atomic E-state index is 0.0000486. The number of hydrogen-bond donors (Lipinski definition) is 3. The number of aromatic hydroxyl groups is 1. The number of nitriles is 1. The van der Waals surface area contributed by atoms with E-state index in [9.17, 15) is 32.0 Å². The van der Waals surface area contributed by atoms with Gasteiger partial charge in [0, 0.05) is 24.0 Å². The highest BCUT2D eigenvalue weighted by Gasteiger charge is 2.20. The second-order valence-corrected chi connectivity index (χ2v) is 12.1. The maximum absolute atomic E-state index is 13.1. The smallest absolute Gasteiger partial charge is 0.261 e. The molecule has 0 radical (unpaired) electrons. The van der Waals surface area contributed by atoms with Gasteiger partial charge in [-0.1, -0.05) is 30.3 Å². The van der Waals surface area contributed by atoms with Crippen molar-refractivity contribution >= 4 is 59.3 Å². The number of hydrogen-bond acceptors (Lipinski definition) is 9. The van der Waals surface area contributed by atoms with E-state index in [1.54, 1.807) is 18.2 Å². The number of nitrogens with one attached hydrogen (secondary N) is 2. The Morgan fingerprint density at radius 1 is 0.872 bits per heavy atom. The fraction of sp³-hybridized carbons (Fsp3) is 0.0769. The molecule has 198 valence electrons. The highest BCUT2D eigenvalue weighted by molar-refractivity contribution is 7.92. The molecular weight excluding hydrogens is 542 g/mol. The molecule has 0 atom stereocenters. The van der Waals surface area contributed by atoms with Crippen LogP contribution < -0.4 is 10.0 Å². The Labute approximate surface area is 224 Å². The summed E-state index contributed by atoms with van der Waals surface area (Å²) in [4.78, 5) is 11.7. The Balaban J connectivity index is 1.92. The van der Waals surface area contributed by atoms with Gasteiger partial charge in [0.05, 0.1) is 32.4 Å². The van der Waals surface area contributed by atoms with E-state index >= 15 is 0 Å². The first-order valence-corrected chi connectivity index (χ1v) is 14.6. The van der Waals surface area contributed by atoms with Crippen LogP contribution in [0.2, 0.25) is 0 Å². The minimum Gasteiger partial charge on any atom is -0.505 e. The lowest BCUT2D eigenvalue weighted by Crippen LogP contribution is -2.13. The lowest BCUT2D eigenvalue weighted by molar-refractivity contribution is -0.114. The Bertz CT molecular complexity index is 1900. The molecule has 0 unspecified atom stereocenters. The summed E-state index contributed by atoms with van der Waals surface area (Å²) in [7, 11) is -7.61. The van der Waals surface area contributed by atoms with Crippen LogP contribution in [0.4, 0.5) is 22.7 Å². The van der Waals surface area contributed by atoms with Crippen LogP contribution in [0.15, 0.2) is 92.8 Å². The Morgan fingerprint density at radius 3 is 2.21 bits per heavy atom. The van der Waals surface area contributed by atoms with Gasteiger partial charge in [0.1, 0.15) is 17.5 Å². The number of rotatable bonds is 7. The number of phenolic OH excluding ortho intramolecular Hbond substituents is 1. The van der Waals surface area contributed by atoms with Gasteiger partial charge >= 0.3 is 0 Å². The predicted molar refractivity (Wildman–Crippen MR) is 146 cm³/mol. The Hall–Kier alpha value is -4.80. The zero-order valence-corrected chi connectivity index (χ0v) is 22.2. The Morgan fingerprint density at radius 2 is 1.56 bits per heavy atom. The summed E-state index contributed by atoms with van der Waals surface area (Å²) in [5.41, 5.74) is 0.114. The van der Waals surface area contributed by atoms with Gasteiger partial charge in [-0.2, -0.15) is 5.26 Å². The van der Waals surface area contributed by atoms with Gasteiger partial charge in [0.2, 0.25) is 5.91 Å². The summed E-state index contributed by atoms with van der Waals surface area (Å²) in [5.74, 6) is -0.799. The van der Waals surface area contributed by atoms with Gasteiger partial charge in [-0.15, -0.1) is 10.2 Å². The molecule has 39 heavy (non-hydrogen) atoms. The van der Waals surface area contributed by atoms with Crippen LogP contribution in [0.25, 0.3) is 10.8 Å². The predicted octanol–water partition coefficient (Wildman–Crippen LogP) is 5.00. The largest absolute Gasteiger partial charge is 0.505 e. The van der Waals surface area contributed by atoms with Crippen molar-refractivity contribution in [1.82, 2.24) is 0 Å². The molecule has 0 aliphatic carbocycles. The lowest BCUT2D eigenvalue weighted by atomic mass is 10.0. The molecule has 1 amide bonds. The van der Waals surface area contributed by atoms with Gasteiger partial charge in [0.15, 0.2) is 9.84 Å². The number of carbonyl (C=O) groups is 1. The maximum Gasteiger partial charge on any atom is 0.261 e. The molecule has 3 N–H and O–H groups in total. The zero-order valence-electron chi connectivity index (χ0n) is 20.6. The highest BCUT2D eigenvalue weighted by atomic mass is 32.2. The van der Waals surface area contributed by atoms with Crippen molar-refractivity contribution in [2.45, 2.75) is 16.7 Å². The average Bonchev–Trinajstić information content (AvgIpc) is 2.89. The minimum atomic E-state index is -4.03. The van der Waals surface area contributed by atoms with Crippen molar-refractivity contribution in [3.63, 3.8) is 0 Å². The quantitative estimate of drug-likeness (QED) is 0.209. The van der Waals surface area contributed by atoms with Crippen LogP contribution >= 0.6 is 0 Å². The van der Waals surface area contributed by atoms with E-state index < -0.39 is 25.8 Å². The second kappa shape index (κ2) is 10.5. The average molecular weight is 564 g/mol. The second-order valence-electron chi connectivity index (χ2n) is 8.38. The van der Waals surface area contributed by atoms with E-state index in [0.29, 0.717) is 0 Å². The third-order valence-electron chi connectivity index (χ3n) is 5.50. The number of phenols is 1. The first kappa shape index (κ1) is 27.2. The van der Waals surface area contributed by atoms with E-state index in [4.69, 9.17) is 0 Å². The van der Waals surface area contributed by atoms with E-state index in [1.165, 1.54) is 61.5 Å². The highest BCUT2D eigenvalue weighted by Crippen LogP contribution is 2.44. The molecule has 0 fully saturated rings. The van der Waals surface area contributed by atoms with Crippen molar-refractivity contribution in [3.05, 3.63) is 78.4 Å². The fourth-order valence-corrected chi connectivity index (χ4v) is 5.47. The third-order valence-corrected chi connectivity index (χ3v) is 7.99. The maximum atomic E-state index is 13.1. The van der Waals surface area contributed by atoms with Crippen molar-refractivity contribution in [2.75, 3.05) is 16.3 Å². The number of anilines is 2. The van der Waals surface area contributed by atoms with Crippen molar-refractivity contribution in [1.29, 1.82) is 5.26 Å². The van der Waals surface area contributed by atoms with Gasteiger partial charge in [-0.25, -0.2) is 16.8 Å². The topological polar surface area (TPSA) is 178 Å². The summed E-state index contributed by atoms with van der Waals surface area (Å²) >= 11 is 0. The van der Waals surface area contributed by atoms with E-state index in [1.807, 2.05) is 6.07 Å². The molecule has 0 saturated heterocycles. The van der Waals surface area contributed by atoms with Crippen molar-refractivity contribution in [3.8, 4) is 11.8 Å². The molecule has 13 heteroatoms. The number of sulfone groups is 1. The fourth-order valence-electron chi connectivity index (χ4n) is 3.73. The molecular formula is C26H21N5O6S2. The van der Waals surface area contributed by atoms with E-state index in [2.05, 4.69) is 20.3 Å². The molecule has 11 nitrogen and oxygen atoms in total. The van der Waals surface area contributed by atoms with Crippen LogP contribution in [-0.4, -0.2) is 34.1 Å². The molecule has 0 spiro atoms. The lowest BCUT2D eigenvalue weighted by Gasteiger charge is -2.15. The van der Waals surface area contributed by atoms with Crippen LogP contribution in [-0.2, 0) is 24.7 Å². The van der Waals surface area contributed by atoms with Crippen molar-refractivity contribution in [2.24, 2.45) is 10.2 Å². The molecule has 4 aromatic carbocycles. The molecule has 0 saturated carbocycles. The number of amides is 1. The number of fused-ring (bicyclic) bond motifs is 1. The van der Waals surface area contributed by atoms with Gasteiger partial charge < -0.3 is 10.4 Å². The van der Waals surface area contributed by atoms with Crippen LogP contribution in [0, 0.1) is 11.3 Å². The monoisotopic (exact) mass is 563 g/mol. The summed E-state index contributed by atoms with van der Waals surface area (Å²) in [6, 6.07) is 19.1. The summed E-state index contributed by atoms with van der Waals surface area (Å²) in [6.07, 6.45) is 1.01. The van der Waals surface area contributed by atoms with Gasteiger partial charge in [0.25, 0.3) is 10.0 Å². The number of carbonyl (C=O) groups excluding carboxylic acids is 1. The molecule has 0 bridgehead atoms. The Kier molecular flexibility index (Phi) is 7.35. The van der Waals surface area contributed by atoms with Crippen LogP contribution in [0.1, 0.15) is 12.5 Å². The standard InChI is InChI=1S/C26H21N5O6S2/c1-16(32)28-24-14-23(30-29-21-12-11-19(38(2,34)35)13-17(21)15-27)25-20(26(24)33)9-6-10-22(25)31-39(36,37)18-7-4-3-5-8-18/h3-14,31,33H,1-2H3,(H,28,32). The van der Waals surface area contributed by atoms with Crippen LogP contribution in [0.5, 0.6) is 5.75 Å². The number of sulfonamides is 1. The third kappa shape index (κ3) is 5.87. The van der Waals surface area contributed by atoms with E-state index in [0.717, 1.165) is 6.26 Å². The van der Waals surface area contributed by atoms with Crippen molar-refractivity contribution < 1.29 is 26.7 Å². The van der Waals surface area contributed by atoms with Crippen LogP contribution in [0.3, 0.4) is 0 Å².